The Labute approximate surface area is 161 Å². The van der Waals surface area contributed by atoms with Crippen molar-refractivity contribution in [2.24, 2.45) is 0 Å². The van der Waals surface area contributed by atoms with Gasteiger partial charge in [0.15, 0.2) is 29.1 Å². The van der Waals surface area contributed by atoms with Gasteiger partial charge in [-0.2, -0.15) is 0 Å². The van der Waals surface area contributed by atoms with Crippen LogP contribution >= 0.6 is 11.3 Å². The van der Waals surface area contributed by atoms with Crippen molar-refractivity contribution in [1.82, 2.24) is 4.98 Å². The molecule has 0 saturated heterocycles. The molecule has 1 amide bonds. The fourth-order valence-corrected chi connectivity index (χ4v) is 3.04. The Morgan fingerprint density at radius 3 is 2.75 bits per heavy atom. The van der Waals surface area contributed by atoms with E-state index in [1.165, 1.54) is 18.2 Å². The third-order valence-electron chi connectivity index (χ3n) is 3.64. The van der Waals surface area contributed by atoms with E-state index in [4.69, 9.17) is 4.74 Å². The smallest absolute Gasteiger partial charge is 0.310 e. The zero-order valence-electron chi connectivity index (χ0n) is 14.4. The quantitative estimate of drug-likeness (QED) is 0.487. The van der Waals surface area contributed by atoms with Crippen molar-refractivity contribution in [3.05, 3.63) is 69.1 Å². The fourth-order valence-electron chi connectivity index (χ4n) is 2.31. The average molecular weight is 405 g/mol. The van der Waals surface area contributed by atoms with Crippen molar-refractivity contribution in [3.63, 3.8) is 0 Å². The molecule has 0 radical (unpaired) electrons. The number of rotatable bonds is 6. The molecule has 0 fully saturated rings. The molecule has 7 nitrogen and oxygen atoms in total. The number of ether oxygens (including phenoxy) is 1. The maximum atomic E-state index is 13.3. The summed E-state index contributed by atoms with van der Waals surface area (Å²) in [5.74, 6) is -2.54. The number of nitrogens with one attached hydrogen (secondary N) is 1. The van der Waals surface area contributed by atoms with E-state index < -0.39 is 29.1 Å². The van der Waals surface area contributed by atoms with E-state index in [9.17, 15) is 23.7 Å². The summed E-state index contributed by atoms with van der Waals surface area (Å²) in [6.07, 6.45) is 0. The standard InChI is InChI=1S/C18H13F2N3O4S/c1-10-2-5-15(23(25)26)16(6-10)27-8-17(24)22-18-21-14(9-28-18)11-3-4-12(19)13(20)7-11/h2-7,9H,8H2,1H3,(H,21,22,24). The predicted molar refractivity (Wildman–Crippen MR) is 99.4 cm³/mol. The molecule has 0 atom stereocenters. The lowest BCUT2D eigenvalue weighted by atomic mass is 10.2. The van der Waals surface area contributed by atoms with Gasteiger partial charge in [-0.15, -0.1) is 11.3 Å². The van der Waals surface area contributed by atoms with E-state index in [2.05, 4.69) is 10.3 Å². The number of nitrogens with zero attached hydrogens (tertiary/aromatic N) is 2. The highest BCUT2D eigenvalue weighted by Gasteiger charge is 2.17. The molecule has 10 heteroatoms. The van der Waals surface area contributed by atoms with Gasteiger partial charge in [0.25, 0.3) is 5.91 Å². The molecule has 1 aromatic heterocycles. The molecule has 0 saturated carbocycles. The van der Waals surface area contributed by atoms with Crippen molar-refractivity contribution in [2.75, 3.05) is 11.9 Å². The van der Waals surface area contributed by atoms with Gasteiger partial charge >= 0.3 is 5.69 Å². The summed E-state index contributed by atoms with van der Waals surface area (Å²) < 4.78 is 31.6. The first kappa shape index (κ1) is 19.4. The molecule has 3 aromatic rings. The molecule has 28 heavy (non-hydrogen) atoms. The highest BCUT2D eigenvalue weighted by molar-refractivity contribution is 7.14. The molecule has 1 N–H and O–H groups in total. The van der Waals surface area contributed by atoms with Crippen LogP contribution in [0.25, 0.3) is 11.3 Å². The van der Waals surface area contributed by atoms with Gasteiger partial charge < -0.3 is 4.74 Å². The number of aromatic nitrogens is 1. The molecule has 0 bridgehead atoms. The molecular weight excluding hydrogens is 392 g/mol. The molecular formula is C18H13F2N3O4S. The third kappa shape index (κ3) is 4.46. The molecule has 3 rings (SSSR count). The topological polar surface area (TPSA) is 94.4 Å². The monoisotopic (exact) mass is 405 g/mol. The number of halogens is 2. The number of anilines is 1. The summed E-state index contributed by atoms with van der Waals surface area (Å²) in [5.41, 5.74) is 1.24. The van der Waals surface area contributed by atoms with Crippen molar-refractivity contribution < 1.29 is 23.2 Å². The summed E-state index contributed by atoms with van der Waals surface area (Å²) in [5, 5.41) is 15.3. The van der Waals surface area contributed by atoms with Gasteiger partial charge in [-0.3, -0.25) is 20.2 Å². The molecule has 0 unspecified atom stereocenters. The van der Waals surface area contributed by atoms with E-state index in [0.717, 1.165) is 29.0 Å². The number of hydrogen-bond acceptors (Lipinski definition) is 6. The lowest BCUT2D eigenvalue weighted by molar-refractivity contribution is -0.385. The van der Waals surface area contributed by atoms with Crippen molar-refractivity contribution >= 4 is 28.1 Å². The third-order valence-corrected chi connectivity index (χ3v) is 4.39. The number of hydrogen-bond donors (Lipinski definition) is 1. The Balaban J connectivity index is 1.65. The average Bonchev–Trinajstić information content (AvgIpc) is 3.10. The van der Waals surface area contributed by atoms with Gasteiger partial charge in [-0.05, 0) is 36.8 Å². The van der Waals surface area contributed by atoms with Crippen LogP contribution in [-0.2, 0) is 4.79 Å². The van der Waals surface area contributed by atoms with Crippen LogP contribution in [0.15, 0.2) is 41.8 Å². The fraction of sp³-hybridized carbons (Fsp3) is 0.111. The summed E-state index contributed by atoms with van der Waals surface area (Å²) in [6.45, 7) is 1.29. The first-order valence-corrected chi connectivity index (χ1v) is 8.80. The van der Waals surface area contributed by atoms with Crippen LogP contribution in [0.5, 0.6) is 5.75 Å². The minimum Gasteiger partial charge on any atom is -0.477 e. The summed E-state index contributed by atoms with van der Waals surface area (Å²) in [6, 6.07) is 7.72. The molecule has 0 spiro atoms. The van der Waals surface area contributed by atoms with E-state index >= 15 is 0 Å². The Morgan fingerprint density at radius 1 is 1.25 bits per heavy atom. The second kappa shape index (κ2) is 8.09. The van der Waals surface area contributed by atoms with Gasteiger partial charge in [0.05, 0.1) is 10.6 Å². The Kier molecular flexibility index (Phi) is 5.59. The largest absolute Gasteiger partial charge is 0.477 e. The number of benzene rings is 2. The molecule has 0 aliphatic heterocycles. The minimum atomic E-state index is -0.996. The van der Waals surface area contributed by atoms with Crippen LogP contribution in [0.4, 0.5) is 19.6 Å². The Bertz CT molecular complexity index is 1060. The van der Waals surface area contributed by atoms with Gasteiger partial charge in [0.1, 0.15) is 0 Å². The normalized spacial score (nSPS) is 10.5. The highest BCUT2D eigenvalue weighted by atomic mass is 32.1. The van der Waals surface area contributed by atoms with Crippen LogP contribution in [0.2, 0.25) is 0 Å². The van der Waals surface area contributed by atoms with Gasteiger partial charge in [-0.1, -0.05) is 6.07 Å². The maximum Gasteiger partial charge on any atom is 0.310 e. The zero-order chi connectivity index (χ0) is 20.3. The lowest BCUT2D eigenvalue weighted by Gasteiger charge is -2.07. The lowest BCUT2D eigenvalue weighted by Crippen LogP contribution is -2.20. The van der Waals surface area contributed by atoms with E-state index in [-0.39, 0.29) is 16.6 Å². The van der Waals surface area contributed by atoms with Crippen LogP contribution < -0.4 is 10.1 Å². The zero-order valence-corrected chi connectivity index (χ0v) is 15.3. The van der Waals surface area contributed by atoms with Gasteiger partial charge in [-0.25, -0.2) is 13.8 Å². The first-order valence-electron chi connectivity index (χ1n) is 7.92. The number of nitro benzene ring substituents is 1. The van der Waals surface area contributed by atoms with Crippen LogP contribution in [0.3, 0.4) is 0 Å². The SMILES string of the molecule is Cc1ccc([N+](=O)[O-])c(OCC(=O)Nc2nc(-c3ccc(F)c(F)c3)cs2)c1. The van der Waals surface area contributed by atoms with Crippen molar-refractivity contribution in [1.29, 1.82) is 0 Å². The van der Waals surface area contributed by atoms with Crippen molar-refractivity contribution in [2.45, 2.75) is 6.92 Å². The minimum absolute atomic E-state index is 0.0123. The molecule has 0 aliphatic carbocycles. The number of amides is 1. The number of aryl methyl sites for hydroxylation is 1. The van der Waals surface area contributed by atoms with Gasteiger partial charge in [0.2, 0.25) is 0 Å². The number of thiazole rings is 1. The van der Waals surface area contributed by atoms with E-state index in [1.54, 1.807) is 18.4 Å². The molecule has 144 valence electrons. The molecule has 1 heterocycles. The Morgan fingerprint density at radius 2 is 2.04 bits per heavy atom. The van der Waals surface area contributed by atoms with E-state index in [1.807, 2.05) is 0 Å². The van der Waals surface area contributed by atoms with Crippen molar-refractivity contribution in [3.8, 4) is 17.0 Å². The van der Waals surface area contributed by atoms with Crippen LogP contribution in [0.1, 0.15) is 5.56 Å². The second-order valence-corrected chi connectivity index (χ2v) is 6.59. The van der Waals surface area contributed by atoms with Crippen LogP contribution in [-0.4, -0.2) is 22.4 Å². The number of carbonyl (C=O) groups excluding carboxylic acids is 1. The highest BCUT2D eigenvalue weighted by Crippen LogP contribution is 2.28. The molecule has 2 aromatic carbocycles. The summed E-state index contributed by atoms with van der Waals surface area (Å²) in [4.78, 5) is 26.6. The van der Waals surface area contributed by atoms with Crippen LogP contribution in [0, 0.1) is 28.7 Å². The maximum absolute atomic E-state index is 13.3. The number of carbonyl (C=O) groups is 1. The van der Waals surface area contributed by atoms with Gasteiger partial charge in [0, 0.05) is 17.0 Å². The first-order chi connectivity index (χ1) is 13.3. The summed E-state index contributed by atoms with van der Waals surface area (Å²) >= 11 is 1.09. The number of nitro groups is 1. The summed E-state index contributed by atoms with van der Waals surface area (Å²) in [7, 11) is 0. The second-order valence-electron chi connectivity index (χ2n) is 5.73. The predicted octanol–water partition coefficient (Wildman–Crippen LogP) is 4.32. The molecule has 0 aliphatic rings. The van der Waals surface area contributed by atoms with E-state index in [0.29, 0.717) is 11.3 Å². The Hall–Kier alpha value is -3.40.